The largest absolute Gasteiger partial charge is 2.00 e. The predicted molar refractivity (Wildman–Crippen MR) is 165 cm³/mol. The molecule has 0 aromatic heterocycles. The molecule has 0 unspecified atom stereocenters. The van der Waals surface area contributed by atoms with Crippen molar-refractivity contribution in [3.05, 3.63) is 83.9 Å². The summed E-state index contributed by atoms with van der Waals surface area (Å²) in [6.45, 7) is 4.38. The van der Waals surface area contributed by atoms with Crippen LogP contribution >= 0.6 is 0 Å². The monoisotopic (exact) mass is 622 g/mol. The minimum atomic E-state index is -4.37. The number of rotatable bonds is 12. The van der Waals surface area contributed by atoms with Crippen LogP contribution in [0, 0.1) is 0 Å². The van der Waals surface area contributed by atoms with E-state index in [9.17, 15) is 25.9 Å². The summed E-state index contributed by atoms with van der Waals surface area (Å²) in [5, 5.41) is 3.54. The molecule has 0 aliphatic rings. The van der Waals surface area contributed by atoms with Crippen molar-refractivity contribution in [2.45, 2.75) is 87.8 Å². The molecule has 0 spiro atoms. The first-order chi connectivity index (χ1) is 19.0. The smallest absolute Gasteiger partial charge is 0.744 e. The van der Waals surface area contributed by atoms with Crippen molar-refractivity contribution < 1.29 is 25.9 Å². The zero-order valence-corrected chi connectivity index (χ0v) is 27.8. The fourth-order valence-electron chi connectivity index (χ4n) is 4.68. The minimum Gasteiger partial charge on any atom is -0.744 e. The fourth-order valence-corrected chi connectivity index (χ4v) is 5.69. The topological polar surface area (TPSA) is 114 Å². The van der Waals surface area contributed by atoms with Crippen molar-refractivity contribution in [2.24, 2.45) is 0 Å². The summed E-state index contributed by atoms with van der Waals surface area (Å²) in [5.74, 6) is 0. The second-order valence-corrected chi connectivity index (χ2v) is 13.0. The number of fused-ring (bicyclic) bond motifs is 2. The summed E-state index contributed by atoms with van der Waals surface area (Å²) in [6, 6.07) is 21.0. The van der Waals surface area contributed by atoms with E-state index in [4.69, 9.17) is 0 Å². The molecule has 0 N–H and O–H groups in total. The molecular weight excluding hydrogens is 585 g/mol. The molecule has 0 saturated carbocycles. The summed E-state index contributed by atoms with van der Waals surface area (Å²) in [5.41, 5.74) is 2.51. The van der Waals surface area contributed by atoms with Gasteiger partial charge in [-0.3, -0.25) is 0 Å². The molecule has 0 heterocycles. The molecule has 6 nitrogen and oxygen atoms in total. The third-order valence-electron chi connectivity index (χ3n) is 6.97. The van der Waals surface area contributed by atoms with Crippen LogP contribution < -0.4 is 0 Å². The Hall–Kier alpha value is -1.52. The summed E-state index contributed by atoms with van der Waals surface area (Å²) >= 11 is 0. The SMILES string of the molecule is CCCCCCc1ccc2cc(S(=O)(=O)[O-])ccc2c1.CCCCCCc1ccc2cc(S(=O)(=O)[O-])ccc2c1.[Ca+2]. The van der Waals surface area contributed by atoms with Crippen LogP contribution in [0.5, 0.6) is 0 Å². The Labute approximate surface area is 275 Å². The molecule has 4 rings (SSSR count). The van der Waals surface area contributed by atoms with Gasteiger partial charge in [-0.2, -0.15) is 0 Å². The van der Waals surface area contributed by atoms with E-state index in [1.54, 1.807) is 12.1 Å². The van der Waals surface area contributed by atoms with Crippen LogP contribution in [0.15, 0.2) is 82.6 Å². The molecular formula is C32H38CaO6S2. The summed E-state index contributed by atoms with van der Waals surface area (Å²) < 4.78 is 65.9. The van der Waals surface area contributed by atoms with Crippen molar-refractivity contribution in [1.29, 1.82) is 0 Å². The van der Waals surface area contributed by atoms with Gasteiger partial charge in [-0.15, -0.1) is 0 Å². The third kappa shape index (κ3) is 11.6. The van der Waals surface area contributed by atoms with Crippen molar-refractivity contribution in [1.82, 2.24) is 0 Å². The summed E-state index contributed by atoms with van der Waals surface area (Å²) in [4.78, 5) is -0.332. The molecule has 0 aliphatic carbocycles. The third-order valence-corrected chi connectivity index (χ3v) is 8.63. The Morgan fingerprint density at radius 1 is 0.488 bits per heavy atom. The van der Waals surface area contributed by atoms with Crippen LogP contribution in [0.2, 0.25) is 0 Å². The van der Waals surface area contributed by atoms with Gasteiger partial charge in [-0.25, -0.2) is 16.8 Å². The molecule has 0 bridgehead atoms. The molecule has 4 aromatic carbocycles. The molecule has 41 heavy (non-hydrogen) atoms. The van der Waals surface area contributed by atoms with Gasteiger partial charge in [0.25, 0.3) is 0 Å². The molecule has 0 amide bonds. The van der Waals surface area contributed by atoms with Gasteiger partial charge in [0.1, 0.15) is 20.2 Å². The predicted octanol–water partition coefficient (Wildman–Crippen LogP) is 7.35. The van der Waals surface area contributed by atoms with Gasteiger partial charge < -0.3 is 9.11 Å². The van der Waals surface area contributed by atoms with E-state index in [1.165, 1.54) is 86.8 Å². The van der Waals surface area contributed by atoms with Gasteiger partial charge in [-0.1, -0.05) is 101 Å². The fraction of sp³-hybridized carbons (Fsp3) is 0.375. The molecule has 0 atom stereocenters. The van der Waals surface area contributed by atoms with Crippen molar-refractivity contribution >= 4 is 79.5 Å². The zero-order chi connectivity index (χ0) is 29.2. The first kappa shape index (κ1) is 35.7. The Balaban J connectivity index is 0.000000280. The number of hydrogen-bond acceptors (Lipinski definition) is 6. The molecule has 0 fully saturated rings. The average Bonchev–Trinajstić information content (AvgIpc) is 2.92. The maximum absolute atomic E-state index is 11.0. The van der Waals surface area contributed by atoms with Crippen LogP contribution in [-0.2, 0) is 33.1 Å². The number of benzene rings is 4. The molecule has 0 radical (unpaired) electrons. The molecule has 216 valence electrons. The van der Waals surface area contributed by atoms with Crippen LogP contribution in [0.4, 0.5) is 0 Å². The van der Waals surface area contributed by atoms with Gasteiger partial charge in [0.15, 0.2) is 0 Å². The van der Waals surface area contributed by atoms with Crippen LogP contribution in [0.3, 0.4) is 0 Å². The van der Waals surface area contributed by atoms with E-state index in [0.29, 0.717) is 0 Å². The maximum atomic E-state index is 11.0. The van der Waals surface area contributed by atoms with Crippen molar-refractivity contribution in [3.63, 3.8) is 0 Å². The first-order valence-electron chi connectivity index (χ1n) is 14.0. The Kier molecular flexibility index (Phi) is 14.7. The van der Waals surface area contributed by atoms with Gasteiger partial charge in [0, 0.05) is 0 Å². The van der Waals surface area contributed by atoms with Gasteiger partial charge in [0.05, 0.1) is 9.79 Å². The Bertz CT molecular complexity index is 1510. The molecule has 0 saturated heterocycles. The van der Waals surface area contributed by atoms with Gasteiger partial charge in [0.2, 0.25) is 0 Å². The second kappa shape index (κ2) is 16.9. The van der Waals surface area contributed by atoms with E-state index >= 15 is 0 Å². The summed E-state index contributed by atoms with van der Waals surface area (Å²) in [6.07, 6.45) is 11.9. The van der Waals surface area contributed by atoms with E-state index in [0.717, 1.165) is 34.4 Å². The van der Waals surface area contributed by atoms with Crippen LogP contribution in [-0.4, -0.2) is 63.7 Å². The normalized spacial score (nSPS) is 11.6. The van der Waals surface area contributed by atoms with Crippen molar-refractivity contribution in [3.8, 4) is 0 Å². The molecule has 4 aromatic rings. The van der Waals surface area contributed by atoms with Crippen molar-refractivity contribution in [2.75, 3.05) is 0 Å². The molecule has 9 heteroatoms. The number of unbranched alkanes of at least 4 members (excludes halogenated alkanes) is 6. The van der Waals surface area contributed by atoms with Gasteiger partial charge in [-0.05, 0) is 82.6 Å². The maximum Gasteiger partial charge on any atom is 2.00 e. The zero-order valence-electron chi connectivity index (χ0n) is 24.0. The van der Waals surface area contributed by atoms with E-state index in [1.807, 2.05) is 24.3 Å². The first-order valence-corrected chi connectivity index (χ1v) is 16.8. The quantitative estimate of drug-likeness (QED) is 0.0927. The van der Waals surface area contributed by atoms with E-state index < -0.39 is 20.2 Å². The standard InChI is InChI=1S/2C16H20O3S.Ca/c2*1-2-3-4-5-6-13-7-8-15-12-16(20(17,18)19)10-9-14(15)11-13;/h2*7-12H,2-6H2,1H3,(H,17,18,19);/q;;+2/p-2. The summed E-state index contributed by atoms with van der Waals surface area (Å²) in [7, 11) is -8.75. The number of aryl methyl sites for hydroxylation is 2. The molecule has 0 aliphatic heterocycles. The van der Waals surface area contributed by atoms with Crippen LogP contribution in [0.25, 0.3) is 21.5 Å². The second-order valence-electron chi connectivity index (χ2n) is 10.2. The van der Waals surface area contributed by atoms with E-state index in [-0.39, 0.29) is 47.5 Å². The van der Waals surface area contributed by atoms with E-state index in [2.05, 4.69) is 26.0 Å². The van der Waals surface area contributed by atoms with Crippen LogP contribution in [0.1, 0.15) is 76.3 Å². The average molecular weight is 623 g/mol. The minimum absolute atomic E-state index is 0. The Morgan fingerprint density at radius 3 is 1.17 bits per heavy atom. The van der Waals surface area contributed by atoms with Gasteiger partial charge >= 0.3 is 37.7 Å². The Morgan fingerprint density at radius 2 is 0.829 bits per heavy atom. The number of hydrogen-bond donors (Lipinski definition) is 0.